The molecule has 0 saturated carbocycles. The lowest BCUT2D eigenvalue weighted by atomic mass is 10.0. The van der Waals surface area contributed by atoms with E-state index in [1.165, 1.54) is 89.9 Å². The second kappa shape index (κ2) is 16.4. The first-order chi connectivity index (χ1) is 12.4. The quantitative estimate of drug-likeness (QED) is 0.0893. The predicted molar refractivity (Wildman–Crippen MR) is 113 cm³/mol. The topological polar surface area (TPSA) is 26.3 Å². The van der Waals surface area contributed by atoms with Crippen molar-refractivity contribution in [2.75, 3.05) is 27.4 Å². The molecular weight excluding hydrogens is 322 g/mol. The van der Waals surface area contributed by atoms with Crippen molar-refractivity contribution in [1.29, 1.82) is 0 Å². The Balaban J connectivity index is 3.37. The van der Waals surface area contributed by atoms with E-state index in [0.717, 1.165) is 11.0 Å². The van der Waals surface area contributed by atoms with Crippen LogP contribution < -0.4 is 0 Å². The molecule has 0 aromatic heterocycles. The Kier molecular flexibility index (Phi) is 15.8. The summed E-state index contributed by atoms with van der Waals surface area (Å²) in [5.74, 6) is -0.280. The molecule has 0 aliphatic rings. The summed E-state index contributed by atoms with van der Waals surface area (Å²) < 4.78 is 6.00. The number of nitrogens with zero attached hydrogens (tertiary/aromatic N) is 1. The highest BCUT2D eigenvalue weighted by atomic mass is 16.5. The second-order valence-corrected chi connectivity index (χ2v) is 8.60. The Morgan fingerprint density at radius 3 is 1.54 bits per heavy atom. The fourth-order valence-electron chi connectivity index (χ4n) is 3.16. The van der Waals surface area contributed by atoms with Crippen LogP contribution >= 0.6 is 0 Å². The molecule has 0 N–H and O–H groups in total. The molecule has 26 heavy (non-hydrogen) atoms. The number of carbonyl (C=O) groups is 1. The summed E-state index contributed by atoms with van der Waals surface area (Å²) in [4.78, 5) is 11.5. The molecule has 0 aromatic carbocycles. The van der Waals surface area contributed by atoms with Gasteiger partial charge in [-0.1, -0.05) is 90.6 Å². The highest BCUT2D eigenvalue weighted by Gasteiger charge is 2.17. The fourth-order valence-corrected chi connectivity index (χ4v) is 3.16. The lowest BCUT2D eigenvalue weighted by molar-refractivity contribution is -0.907. The van der Waals surface area contributed by atoms with Crippen LogP contribution in [0.5, 0.6) is 0 Å². The number of esters is 1. The molecule has 0 aliphatic carbocycles. The molecule has 3 nitrogen and oxygen atoms in total. The van der Waals surface area contributed by atoms with E-state index in [9.17, 15) is 4.79 Å². The lowest BCUT2D eigenvalue weighted by Crippen LogP contribution is -2.43. The minimum Gasteiger partial charge on any atom is -0.412 e. The van der Waals surface area contributed by atoms with Crippen molar-refractivity contribution < 1.29 is 14.0 Å². The van der Waals surface area contributed by atoms with Crippen LogP contribution in [0.1, 0.15) is 104 Å². The van der Waals surface area contributed by atoms with Gasteiger partial charge in [0.2, 0.25) is 6.73 Å². The van der Waals surface area contributed by atoms with Crippen LogP contribution in [0, 0.1) is 0 Å². The molecule has 0 fully saturated rings. The Morgan fingerprint density at radius 2 is 1.15 bits per heavy atom. The zero-order valence-electron chi connectivity index (χ0n) is 18.3. The van der Waals surface area contributed by atoms with Crippen molar-refractivity contribution in [1.82, 2.24) is 0 Å². The zero-order valence-corrected chi connectivity index (χ0v) is 18.3. The van der Waals surface area contributed by atoms with E-state index in [-0.39, 0.29) is 5.97 Å². The van der Waals surface area contributed by atoms with Crippen molar-refractivity contribution in [3.63, 3.8) is 0 Å². The van der Waals surface area contributed by atoms with Crippen LogP contribution in [0.4, 0.5) is 0 Å². The molecule has 0 aliphatic heterocycles. The Bertz CT molecular complexity index is 363. The summed E-state index contributed by atoms with van der Waals surface area (Å²) in [5, 5.41) is 0. The van der Waals surface area contributed by atoms with Crippen LogP contribution in [-0.4, -0.2) is 37.8 Å². The standard InChI is InChI=1S/C23H46NO2/c1-6-7-8-9-10-11-12-13-14-15-16-17-18-19-20-24(4,5)21-26-23(25)22(2)3/h2,6-21H2,1,3-5H3/q+1. The van der Waals surface area contributed by atoms with Crippen LogP contribution in [0.15, 0.2) is 12.2 Å². The average Bonchev–Trinajstić information content (AvgIpc) is 2.60. The van der Waals surface area contributed by atoms with E-state index in [0.29, 0.717) is 12.3 Å². The normalized spacial score (nSPS) is 11.5. The zero-order chi connectivity index (χ0) is 19.7. The Labute approximate surface area is 163 Å². The van der Waals surface area contributed by atoms with E-state index in [4.69, 9.17) is 4.74 Å². The minimum absolute atomic E-state index is 0.280. The van der Waals surface area contributed by atoms with E-state index < -0.39 is 0 Å². The third-order valence-electron chi connectivity index (χ3n) is 5.01. The fraction of sp³-hybridized carbons (Fsp3) is 0.870. The lowest BCUT2D eigenvalue weighted by Gasteiger charge is -2.28. The number of hydrogen-bond donors (Lipinski definition) is 0. The summed E-state index contributed by atoms with van der Waals surface area (Å²) >= 11 is 0. The highest BCUT2D eigenvalue weighted by molar-refractivity contribution is 5.86. The van der Waals surface area contributed by atoms with Gasteiger partial charge in [0, 0.05) is 5.57 Å². The van der Waals surface area contributed by atoms with E-state index in [2.05, 4.69) is 27.6 Å². The number of quaternary nitrogens is 1. The molecule has 0 aromatic rings. The van der Waals surface area contributed by atoms with Crippen molar-refractivity contribution in [2.24, 2.45) is 0 Å². The summed E-state index contributed by atoms with van der Waals surface area (Å²) in [6, 6.07) is 0. The first-order valence-electron chi connectivity index (χ1n) is 11.0. The molecule has 0 rings (SSSR count). The maximum Gasteiger partial charge on any atom is 0.337 e. The number of unbranched alkanes of at least 4 members (excludes halogenated alkanes) is 13. The smallest absolute Gasteiger partial charge is 0.337 e. The van der Waals surface area contributed by atoms with Crippen molar-refractivity contribution >= 4 is 5.97 Å². The van der Waals surface area contributed by atoms with Gasteiger partial charge in [0.1, 0.15) is 0 Å². The van der Waals surface area contributed by atoms with Crippen LogP contribution in [-0.2, 0) is 9.53 Å². The average molecular weight is 369 g/mol. The van der Waals surface area contributed by atoms with Crippen LogP contribution in [0.3, 0.4) is 0 Å². The van der Waals surface area contributed by atoms with Crippen LogP contribution in [0.2, 0.25) is 0 Å². The SMILES string of the molecule is C=C(C)C(=O)OC[N+](C)(C)CCCCCCCCCCCCCCCC. The maximum absolute atomic E-state index is 11.5. The molecule has 154 valence electrons. The van der Waals surface area contributed by atoms with Gasteiger partial charge < -0.3 is 4.74 Å². The summed E-state index contributed by atoms with van der Waals surface area (Å²) in [7, 11) is 4.24. The molecule has 0 amide bonds. The third-order valence-corrected chi connectivity index (χ3v) is 5.01. The van der Waals surface area contributed by atoms with E-state index in [1.807, 2.05) is 0 Å². The Morgan fingerprint density at radius 1 is 0.769 bits per heavy atom. The number of hydrogen-bond acceptors (Lipinski definition) is 2. The van der Waals surface area contributed by atoms with E-state index in [1.54, 1.807) is 6.92 Å². The molecule has 0 heterocycles. The maximum atomic E-state index is 11.5. The number of ether oxygens (including phenoxy) is 1. The number of carbonyl (C=O) groups excluding carboxylic acids is 1. The van der Waals surface area contributed by atoms with Crippen molar-refractivity contribution in [3.05, 3.63) is 12.2 Å². The number of rotatable bonds is 18. The van der Waals surface area contributed by atoms with Gasteiger partial charge >= 0.3 is 5.97 Å². The monoisotopic (exact) mass is 368 g/mol. The largest absolute Gasteiger partial charge is 0.412 e. The van der Waals surface area contributed by atoms with Gasteiger partial charge in [-0.05, 0) is 19.8 Å². The molecule has 0 unspecified atom stereocenters. The summed E-state index contributed by atoms with van der Waals surface area (Å²) in [5.41, 5.74) is 0.474. The van der Waals surface area contributed by atoms with E-state index >= 15 is 0 Å². The first kappa shape index (κ1) is 25.2. The van der Waals surface area contributed by atoms with Gasteiger partial charge in [-0.25, -0.2) is 4.79 Å². The molecule has 0 saturated heterocycles. The highest BCUT2D eigenvalue weighted by Crippen LogP contribution is 2.13. The van der Waals surface area contributed by atoms with Gasteiger partial charge in [0.25, 0.3) is 0 Å². The molecular formula is C23H46NO2+. The molecule has 3 heteroatoms. The predicted octanol–water partition coefficient (Wildman–Crippen LogP) is 6.62. The van der Waals surface area contributed by atoms with Crippen molar-refractivity contribution in [3.8, 4) is 0 Å². The molecule has 0 spiro atoms. The van der Waals surface area contributed by atoms with Gasteiger partial charge in [0.05, 0.1) is 20.6 Å². The van der Waals surface area contributed by atoms with Gasteiger partial charge in [-0.3, -0.25) is 4.48 Å². The van der Waals surface area contributed by atoms with Crippen molar-refractivity contribution in [2.45, 2.75) is 104 Å². The molecule has 0 atom stereocenters. The van der Waals surface area contributed by atoms with Crippen LogP contribution in [0.25, 0.3) is 0 Å². The third kappa shape index (κ3) is 16.6. The Hall–Kier alpha value is -0.830. The van der Waals surface area contributed by atoms with Gasteiger partial charge in [0.15, 0.2) is 0 Å². The molecule has 0 bridgehead atoms. The second-order valence-electron chi connectivity index (χ2n) is 8.60. The minimum atomic E-state index is -0.280. The van der Waals surface area contributed by atoms with Gasteiger partial charge in [-0.2, -0.15) is 0 Å². The summed E-state index contributed by atoms with van der Waals surface area (Å²) in [6.07, 6.45) is 19.4. The molecule has 0 radical (unpaired) electrons. The first-order valence-corrected chi connectivity index (χ1v) is 11.0. The van der Waals surface area contributed by atoms with Gasteiger partial charge in [-0.15, -0.1) is 0 Å². The summed E-state index contributed by atoms with van der Waals surface area (Å²) in [6.45, 7) is 9.08.